The maximum Gasteiger partial charge on any atom is 0.223 e. The Morgan fingerprint density at radius 1 is 1.05 bits per heavy atom. The largest absolute Gasteiger partial charge is 0.545 e. The molecule has 22 heavy (non-hydrogen) atoms. The van der Waals surface area contributed by atoms with E-state index in [1.165, 1.54) is 17.5 Å². The first kappa shape index (κ1) is 13.9. The number of carbonyl (C=O) groups is 1. The van der Waals surface area contributed by atoms with Gasteiger partial charge in [0.2, 0.25) is 11.2 Å². The number of fused-ring (bicyclic) bond motifs is 1. The van der Waals surface area contributed by atoms with Crippen molar-refractivity contribution in [2.24, 2.45) is 12.0 Å². The third-order valence-corrected chi connectivity index (χ3v) is 3.57. The molecule has 1 heterocycles. The number of carboxylic acid groups (broad SMARTS) is 1. The number of aliphatic imine (C=N–C) groups is 1. The van der Waals surface area contributed by atoms with Gasteiger partial charge in [-0.05, 0) is 29.8 Å². The van der Waals surface area contributed by atoms with E-state index < -0.39 is 5.97 Å². The molecule has 0 atom stereocenters. The van der Waals surface area contributed by atoms with Crippen molar-refractivity contribution in [2.75, 3.05) is 0 Å². The van der Waals surface area contributed by atoms with Gasteiger partial charge in [-0.1, -0.05) is 24.3 Å². The second-order valence-corrected chi connectivity index (χ2v) is 4.97. The molecule has 0 aliphatic rings. The van der Waals surface area contributed by atoms with Crippen LogP contribution in [0.5, 0.6) is 0 Å². The van der Waals surface area contributed by atoms with Crippen LogP contribution in [-0.2, 0) is 7.05 Å². The van der Waals surface area contributed by atoms with Crippen LogP contribution in [0.2, 0.25) is 0 Å². The van der Waals surface area contributed by atoms with Gasteiger partial charge in [0.05, 0.1) is 17.9 Å². The minimum atomic E-state index is -1.18. The van der Waals surface area contributed by atoms with Gasteiger partial charge in [-0.2, -0.15) is 4.57 Å². The van der Waals surface area contributed by atoms with E-state index in [1.54, 1.807) is 18.3 Å². The number of hydrogen-bond acceptors (Lipinski definition) is 3. The van der Waals surface area contributed by atoms with Crippen molar-refractivity contribution < 1.29 is 14.5 Å². The van der Waals surface area contributed by atoms with Gasteiger partial charge in [0, 0.05) is 17.5 Å². The number of aryl methyl sites for hydroxylation is 1. The molecule has 0 amide bonds. The lowest BCUT2D eigenvalue weighted by molar-refractivity contribution is -0.645. The standard InChI is InChI=1S/C18H14N2O2/c1-20-16(11-8-13-4-2-3-5-17(13)20)12-19-15-9-6-14(7-10-15)18(21)22/h2-12H,1H3. The Hall–Kier alpha value is -3.01. The summed E-state index contributed by atoms with van der Waals surface area (Å²) in [6.07, 6.45) is 1.76. The smallest absolute Gasteiger partial charge is 0.223 e. The molecular weight excluding hydrogens is 276 g/mol. The van der Waals surface area contributed by atoms with Crippen LogP contribution in [0.3, 0.4) is 0 Å². The summed E-state index contributed by atoms with van der Waals surface area (Å²) < 4.78 is 2.06. The van der Waals surface area contributed by atoms with Gasteiger partial charge in [-0.25, -0.2) is 4.99 Å². The minimum Gasteiger partial charge on any atom is -0.545 e. The molecule has 0 spiro atoms. The summed E-state index contributed by atoms with van der Waals surface area (Å²) in [6.45, 7) is 0. The first-order valence-corrected chi connectivity index (χ1v) is 6.88. The van der Waals surface area contributed by atoms with Crippen LogP contribution in [0, 0.1) is 0 Å². The Balaban J connectivity index is 1.92. The predicted octanol–water partition coefficient (Wildman–Crippen LogP) is 1.78. The van der Waals surface area contributed by atoms with E-state index in [0.717, 1.165) is 11.2 Å². The molecule has 0 saturated heterocycles. The van der Waals surface area contributed by atoms with Crippen LogP contribution in [0.15, 0.2) is 65.7 Å². The van der Waals surface area contributed by atoms with E-state index >= 15 is 0 Å². The Labute approximate surface area is 128 Å². The number of hydrogen-bond donors (Lipinski definition) is 0. The second-order valence-electron chi connectivity index (χ2n) is 4.97. The van der Waals surface area contributed by atoms with Crippen molar-refractivity contribution in [1.82, 2.24) is 0 Å². The van der Waals surface area contributed by atoms with E-state index in [9.17, 15) is 9.90 Å². The maximum atomic E-state index is 10.7. The first-order chi connectivity index (χ1) is 10.6. The van der Waals surface area contributed by atoms with Crippen LogP contribution in [0.25, 0.3) is 10.9 Å². The fraction of sp³-hybridized carbons (Fsp3) is 0.0556. The van der Waals surface area contributed by atoms with Crippen molar-refractivity contribution in [1.29, 1.82) is 0 Å². The molecular formula is C18H14N2O2. The molecule has 1 aromatic heterocycles. The summed E-state index contributed by atoms with van der Waals surface area (Å²) in [5, 5.41) is 11.9. The average Bonchev–Trinajstić information content (AvgIpc) is 2.55. The lowest BCUT2D eigenvalue weighted by atomic mass is 10.2. The monoisotopic (exact) mass is 290 g/mol. The van der Waals surface area contributed by atoms with Gasteiger partial charge in [0.1, 0.15) is 7.05 Å². The van der Waals surface area contributed by atoms with Crippen molar-refractivity contribution in [3.8, 4) is 0 Å². The molecule has 0 radical (unpaired) electrons. The van der Waals surface area contributed by atoms with Crippen molar-refractivity contribution in [3.05, 3.63) is 71.9 Å². The van der Waals surface area contributed by atoms with Crippen LogP contribution >= 0.6 is 0 Å². The predicted molar refractivity (Wildman–Crippen MR) is 83.2 cm³/mol. The number of carbonyl (C=O) groups excluding carboxylic acids is 1. The van der Waals surface area contributed by atoms with E-state index in [-0.39, 0.29) is 5.56 Å². The van der Waals surface area contributed by atoms with E-state index in [4.69, 9.17) is 0 Å². The number of pyridine rings is 1. The SMILES string of the molecule is C[n+]1c(C=Nc2ccc(C(=O)[O-])cc2)ccc2ccccc21. The van der Waals surface area contributed by atoms with Crippen LogP contribution in [0.4, 0.5) is 5.69 Å². The Bertz CT molecular complexity index is 868. The van der Waals surface area contributed by atoms with Gasteiger partial charge in [-0.15, -0.1) is 0 Å². The molecule has 0 aliphatic heterocycles. The topological polar surface area (TPSA) is 56.4 Å². The highest BCUT2D eigenvalue weighted by molar-refractivity contribution is 5.86. The molecule has 0 fully saturated rings. The average molecular weight is 290 g/mol. The molecule has 0 saturated carbocycles. The number of aromatic nitrogens is 1. The van der Waals surface area contributed by atoms with Gasteiger partial charge in [-0.3, -0.25) is 0 Å². The fourth-order valence-corrected chi connectivity index (χ4v) is 2.31. The number of nitrogens with zero attached hydrogens (tertiary/aromatic N) is 2. The zero-order chi connectivity index (χ0) is 15.5. The number of benzene rings is 2. The van der Waals surface area contributed by atoms with E-state index in [2.05, 4.69) is 27.8 Å². The normalized spacial score (nSPS) is 11.1. The zero-order valence-electron chi connectivity index (χ0n) is 12.1. The van der Waals surface area contributed by atoms with Crippen LogP contribution < -0.4 is 9.67 Å². The van der Waals surface area contributed by atoms with Crippen molar-refractivity contribution in [2.45, 2.75) is 0 Å². The molecule has 0 N–H and O–H groups in total. The third-order valence-electron chi connectivity index (χ3n) is 3.57. The first-order valence-electron chi connectivity index (χ1n) is 6.88. The lowest BCUT2D eigenvalue weighted by Crippen LogP contribution is -2.34. The van der Waals surface area contributed by atoms with Gasteiger partial charge in [0.15, 0.2) is 0 Å². The van der Waals surface area contributed by atoms with Crippen molar-refractivity contribution in [3.63, 3.8) is 0 Å². The Morgan fingerprint density at radius 3 is 2.50 bits per heavy atom. The summed E-state index contributed by atoms with van der Waals surface area (Å²) in [5.41, 5.74) is 2.93. The van der Waals surface area contributed by atoms with Crippen LogP contribution in [0.1, 0.15) is 16.1 Å². The summed E-state index contributed by atoms with van der Waals surface area (Å²) in [5.74, 6) is -1.18. The van der Waals surface area contributed by atoms with E-state index in [1.807, 2.05) is 25.2 Å². The molecule has 0 bridgehead atoms. The molecule has 4 nitrogen and oxygen atoms in total. The number of carboxylic acids is 1. The number of aromatic carboxylic acids is 1. The molecule has 3 rings (SSSR count). The molecule has 0 aliphatic carbocycles. The fourth-order valence-electron chi connectivity index (χ4n) is 2.31. The van der Waals surface area contributed by atoms with Gasteiger partial charge in [0.25, 0.3) is 0 Å². The molecule has 2 aromatic carbocycles. The molecule has 4 heteroatoms. The second kappa shape index (κ2) is 5.77. The van der Waals surface area contributed by atoms with Gasteiger partial charge < -0.3 is 9.90 Å². The molecule has 0 unspecified atom stereocenters. The summed E-state index contributed by atoms with van der Waals surface area (Å²) >= 11 is 0. The Morgan fingerprint density at radius 2 is 1.77 bits per heavy atom. The highest BCUT2D eigenvalue weighted by Gasteiger charge is 2.08. The Kier molecular flexibility index (Phi) is 3.66. The highest BCUT2D eigenvalue weighted by Crippen LogP contribution is 2.13. The van der Waals surface area contributed by atoms with E-state index in [0.29, 0.717) is 5.69 Å². The zero-order valence-corrected chi connectivity index (χ0v) is 12.1. The van der Waals surface area contributed by atoms with Crippen LogP contribution in [-0.4, -0.2) is 12.2 Å². The molecule has 108 valence electrons. The minimum absolute atomic E-state index is 0.148. The van der Waals surface area contributed by atoms with Crippen molar-refractivity contribution >= 4 is 28.8 Å². The quantitative estimate of drug-likeness (QED) is 0.545. The number of para-hydroxylation sites is 1. The molecule has 3 aromatic rings. The van der Waals surface area contributed by atoms with Gasteiger partial charge >= 0.3 is 0 Å². The number of rotatable bonds is 3. The summed E-state index contributed by atoms with van der Waals surface area (Å²) in [4.78, 5) is 15.1. The summed E-state index contributed by atoms with van der Waals surface area (Å²) in [7, 11) is 1.99. The third kappa shape index (κ3) is 2.72. The maximum absolute atomic E-state index is 10.7. The highest BCUT2D eigenvalue weighted by atomic mass is 16.4. The summed E-state index contributed by atoms with van der Waals surface area (Å²) in [6, 6.07) is 18.5. The lowest BCUT2D eigenvalue weighted by Gasteiger charge is -2.02.